The van der Waals surface area contributed by atoms with E-state index in [1.54, 1.807) is 23.1 Å². The van der Waals surface area contributed by atoms with Gasteiger partial charge in [-0.05, 0) is 43.2 Å². The highest BCUT2D eigenvalue weighted by Crippen LogP contribution is 2.35. The van der Waals surface area contributed by atoms with Gasteiger partial charge in [0.1, 0.15) is 6.04 Å². The van der Waals surface area contributed by atoms with Crippen LogP contribution in [0.3, 0.4) is 0 Å². The maximum atomic E-state index is 13.4. The van der Waals surface area contributed by atoms with Gasteiger partial charge >= 0.3 is 6.18 Å². The molecule has 2 aliphatic rings. The third-order valence-corrected chi connectivity index (χ3v) is 5.59. The fraction of sp³-hybridized carbons (Fsp3) is 0.364. The van der Waals surface area contributed by atoms with E-state index in [1.165, 1.54) is 23.4 Å². The maximum Gasteiger partial charge on any atom is 0.417 e. The van der Waals surface area contributed by atoms with Crippen LogP contribution in [0, 0.1) is 11.3 Å². The number of hydrogen-bond acceptors (Lipinski definition) is 5. The normalized spacial score (nSPS) is 18.8. The standard InChI is InChI=1S/C22H20F3N5O2/c23-22(24,25)18-11-17(4-1-15(18)12-26)29-9-10-30(21(32)14-5-7-27-8-6-14)19(13-29)20(31)28-16-2-3-16/h1,4-8,11,16,19H,2-3,9-10,13H2,(H,28,31). The minimum atomic E-state index is -4.68. The molecule has 0 radical (unpaired) electrons. The van der Waals surface area contributed by atoms with E-state index in [2.05, 4.69) is 10.3 Å². The summed E-state index contributed by atoms with van der Waals surface area (Å²) in [5, 5.41) is 11.9. The molecule has 4 rings (SSSR count). The van der Waals surface area contributed by atoms with Gasteiger partial charge in [0.15, 0.2) is 0 Å². The smallest absolute Gasteiger partial charge is 0.367 e. The molecule has 1 aromatic carbocycles. The monoisotopic (exact) mass is 443 g/mol. The molecule has 10 heteroatoms. The van der Waals surface area contributed by atoms with Gasteiger partial charge in [-0.2, -0.15) is 18.4 Å². The number of amides is 2. The van der Waals surface area contributed by atoms with Crippen LogP contribution >= 0.6 is 0 Å². The molecule has 1 aliphatic heterocycles. The Kier molecular flexibility index (Phi) is 5.74. The Balaban J connectivity index is 1.61. The molecule has 2 amide bonds. The summed E-state index contributed by atoms with van der Waals surface area (Å²) >= 11 is 0. The van der Waals surface area contributed by atoms with Crippen molar-refractivity contribution in [3.63, 3.8) is 0 Å². The van der Waals surface area contributed by atoms with E-state index < -0.39 is 23.3 Å². The Bertz CT molecular complexity index is 1060. The van der Waals surface area contributed by atoms with Crippen LogP contribution in [0.1, 0.15) is 34.3 Å². The van der Waals surface area contributed by atoms with Crippen LogP contribution in [0.25, 0.3) is 0 Å². The van der Waals surface area contributed by atoms with E-state index in [9.17, 15) is 22.8 Å². The third-order valence-electron chi connectivity index (χ3n) is 5.59. The molecular weight excluding hydrogens is 423 g/mol. The summed E-state index contributed by atoms with van der Waals surface area (Å²) in [6.07, 6.45) is 0.0232. The van der Waals surface area contributed by atoms with E-state index in [4.69, 9.17) is 5.26 Å². The molecule has 0 bridgehead atoms. The van der Waals surface area contributed by atoms with Crippen molar-refractivity contribution in [3.8, 4) is 6.07 Å². The minimum absolute atomic E-state index is 0.0403. The van der Waals surface area contributed by atoms with E-state index in [0.717, 1.165) is 25.0 Å². The summed E-state index contributed by atoms with van der Waals surface area (Å²) in [6, 6.07) is 7.38. The lowest BCUT2D eigenvalue weighted by Gasteiger charge is -2.41. The topological polar surface area (TPSA) is 89.3 Å². The van der Waals surface area contributed by atoms with Crippen LogP contribution in [0.4, 0.5) is 18.9 Å². The first-order valence-corrected chi connectivity index (χ1v) is 10.2. The molecule has 2 fully saturated rings. The highest BCUT2D eigenvalue weighted by Gasteiger charge is 2.39. The van der Waals surface area contributed by atoms with Gasteiger partial charge in [0.25, 0.3) is 5.91 Å². The van der Waals surface area contributed by atoms with Crippen LogP contribution in [-0.2, 0) is 11.0 Å². The molecule has 32 heavy (non-hydrogen) atoms. The number of piperazine rings is 1. The molecule has 1 aromatic heterocycles. The second-order valence-corrected chi connectivity index (χ2v) is 7.82. The van der Waals surface area contributed by atoms with Crippen molar-refractivity contribution in [3.05, 3.63) is 59.4 Å². The zero-order valence-corrected chi connectivity index (χ0v) is 17.0. The quantitative estimate of drug-likeness (QED) is 0.785. The van der Waals surface area contributed by atoms with Crippen LogP contribution in [-0.4, -0.2) is 53.4 Å². The van der Waals surface area contributed by atoms with Gasteiger partial charge in [0, 0.05) is 49.3 Å². The predicted molar refractivity (Wildman–Crippen MR) is 109 cm³/mol. The van der Waals surface area contributed by atoms with E-state index in [-0.39, 0.29) is 43.2 Å². The second kappa shape index (κ2) is 8.49. The Labute approximate surface area is 182 Å². The van der Waals surface area contributed by atoms with Crippen molar-refractivity contribution in [2.75, 3.05) is 24.5 Å². The maximum absolute atomic E-state index is 13.4. The Morgan fingerprint density at radius 2 is 1.84 bits per heavy atom. The first-order chi connectivity index (χ1) is 15.3. The number of nitrogens with zero attached hydrogens (tertiary/aromatic N) is 4. The molecule has 1 saturated carbocycles. The summed E-state index contributed by atoms with van der Waals surface area (Å²) in [5.41, 5.74) is -0.852. The van der Waals surface area contributed by atoms with Gasteiger partial charge in [-0.3, -0.25) is 14.6 Å². The van der Waals surface area contributed by atoms with Gasteiger partial charge < -0.3 is 15.1 Å². The summed E-state index contributed by atoms with van der Waals surface area (Å²) < 4.78 is 40.2. The number of benzene rings is 1. The number of halogens is 3. The fourth-order valence-electron chi connectivity index (χ4n) is 3.73. The van der Waals surface area contributed by atoms with Gasteiger partial charge in [0.2, 0.25) is 5.91 Å². The van der Waals surface area contributed by atoms with Crippen molar-refractivity contribution in [2.24, 2.45) is 0 Å². The van der Waals surface area contributed by atoms with Crippen LogP contribution in [0.2, 0.25) is 0 Å². The summed E-state index contributed by atoms with van der Waals surface area (Å²) in [5.74, 6) is -0.664. The largest absolute Gasteiger partial charge is 0.417 e. The lowest BCUT2D eigenvalue weighted by Crippen LogP contribution is -2.61. The molecular formula is C22H20F3N5O2. The first-order valence-electron chi connectivity index (χ1n) is 10.2. The fourth-order valence-corrected chi connectivity index (χ4v) is 3.73. The average Bonchev–Trinajstić information content (AvgIpc) is 3.61. The predicted octanol–water partition coefficient (Wildman–Crippen LogP) is 2.58. The molecule has 1 aliphatic carbocycles. The number of pyridine rings is 1. The van der Waals surface area contributed by atoms with Crippen molar-refractivity contribution in [1.82, 2.24) is 15.2 Å². The SMILES string of the molecule is N#Cc1ccc(N2CCN(C(=O)c3ccncc3)C(C(=O)NC3CC3)C2)cc1C(F)(F)F. The van der Waals surface area contributed by atoms with Crippen molar-refractivity contribution < 1.29 is 22.8 Å². The number of rotatable bonds is 4. The van der Waals surface area contributed by atoms with Crippen molar-refractivity contribution in [1.29, 1.82) is 5.26 Å². The number of aromatic nitrogens is 1. The Hall–Kier alpha value is -3.61. The molecule has 7 nitrogen and oxygen atoms in total. The molecule has 1 N–H and O–H groups in total. The number of anilines is 1. The molecule has 1 atom stereocenters. The van der Waals surface area contributed by atoms with Crippen LogP contribution < -0.4 is 10.2 Å². The van der Waals surface area contributed by atoms with E-state index >= 15 is 0 Å². The first kappa shape index (κ1) is 21.6. The van der Waals surface area contributed by atoms with Gasteiger partial charge in [0.05, 0.1) is 17.2 Å². The lowest BCUT2D eigenvalue weighted by atomic mass is 10.0. The minimum Gasteiger partial charge on any atom is -0.367 e. The number of nitriles is 1. The highest BCUT2D eigenvalue weighted by molar-refractivity contribution is 5.98. The molecule has 2 aromatic rings. The van der Waals surface area contributed by atoms with Gasteiger partial charge in [-0.25, -0.2) is 0 Å². The Morgan fingerprint density at radius 3 is 2.47 bits per heavy atom. The molecule has 166 valence electrons. The van der Waals surface area contributed by atoms with Gasteiger partial charge in [-0.15, -0.1) is 0 Å². The zero-order valence-electron chi connectivity index (χ0n) is 17.0. The third kappa shape index (κ3) is 4.51. The van der Waals surface area contributed by atoms with Crippen molar-refractivity contribution in [2.45, 2.75) is 31.1 Å². The van der Waals surface area contributed by atoms with E-state index in [0.29, 0.717) is 5.56 Å². The second-order valence-electron chi connectivity index (χ2n) is 7.82. The Morgan fingerprint density at radius 1 is 1.12 bits per heavy atom. The number of alkyl halides is 3. The number of carbonyl (C=O) groups excluding carboxylic acids is 2. The number of hydrogen-bond donors (Lipinski definition) is 1. The summed E-state index contributed by atoms with van der Waals surface area (Å²) in [4.78, 5) is 33.0. The lowest BCUT2D eigenvalue weighted by molar-refractivity contribution is -0.137. The highest BCUT2D eigenvalue weighted by atomic mass is 19.4. The molecule has 0 spiro atoms. The van der Waals surface area contributed by atoms with Crippen molar-refractivity contribution >= 4 is 17.5 Å². The molecule has 1 unspecified atom stereocenters. The summed E-state index contributed by atoms with van der Waals surface area (Å²) in [7, 11) is 0. The van der Waals surface area contributed by atoms with Crippen LogP contribution in [0.15, 0.2) is 42.7 Å². The zero-order chi connectivity index (χ0) is 22.9. The van der Waals surface area contributed by atoms with Crippen LogP contribution in [0.5, 0.6) is 0 Å². The molecule has 1 saturated heterocycles. The number of nitrogens with one attached hydrogen (secondary N) is 1. The number of carbonyl (C=O) groups is 2. The average molecular weight is 443 g/mol. The summed E-state index contributed by atoms with van der Waals surface area (Å²) in [6.45, 7) is 0.442. The van der Waals surface area contributed by atoms with E-state index in [1.807, 2.05) is 0 Å². The van der Waals surface area contributed by atoms with Gasteiger partial charge in [-0.1, -0.05) is 0 Å². The molecule has 2 heterocycles.